The Hall–Kier alpha value is -1.51. The molecule has 4 nitrogen and oxygen atoms in total. The predicted octanol–water partition coefficient (Wildman–Crippen LogP) is 1.65. The van der Waals surface area contributed by atoms with Gasteiger partial charge in [0.2, 0.25) is 0 Å². The van der Waals surface area contributed by atoms with E-state index in [1.807, 2.05) is 18.7 Å². The van der Waals surface area contributed by atoms with Crippen LogP contribution in [0.1, 0.15) is 36.3 Å². The van der Waals surface area contributed by atoms with Crippen molar-refractivity contribution in [3.8, 4) is 11.8 Å². The zero-order chi connectivity index (χ0) is 14.8. The molecule has 1 heterocycles. The fraction of sp³-hybridized carbons (Fsp3) is 0.467. The summed E-state index contributed by atoms with van der Waals surface area (Å²) in [5.74, 6) is 7.64. The largest absolute Gasteiger partial charge is 0.348 e. The minimum absolute atomic E-state index is 0.141. The van der Waals surface area contributed by atoms with Crippen LogP contribution in [0.15, 0.2) is 18.3 Å². The number of carbonyl (C=O) groups excluding carboxylic acids is 1. The highest BCUT2D eigenvalue weighted by atomic mass is 32.2. The highest BCUT2D eigenvalue weighted by molar-refractivity contribution is 7.99. The number of nitrogens with two attached hydrogens (primary N) is 1. The summed E-state index contributed by atoms with van der Waals surface area (Å²) in [6.07, 6.45) is 2.56. The Labute approximate surface area is 124 Å². The second-order valence-corrected chi connectivity index (χ2v) is 5.69. The molecule has 0 saturated carbocycles. The van der Waals surface area contributed by atoms with Gasteiger partial charge in [0.25, 0.3) is 5.91 Å². The molecule has 0 saturated heterocycles. The lowest BCUT2D eigenvalue weighted by molar-refractivity contribution is 0.0934. The Morgan fingerprint density at radius 1 is 1.55 bits per heavy atom. The minimum atomic E-state index is -0.141. The Morgan fingerprint density at radius 2 is 2.35 bits per heavy atom. The second-order valence-electron chi connectivity index (χ2n) is 4.30. The first kappa shape index (κ1) is 16.5. The molecule has 0 spiro atoms. The number of thioether (sulfide) groups is 1. The highest BCUT2D eigenvalue weighted by Gasteiger charge is 2.10. The van der Waals surface area contributed by atoms with Crippen LogP contribution in [-0.4, -0.2) is 35.0 Å². The zero-order valence-electron chi connectivity index (χ0n) is 12.0. The summed E-state index contributed by atoms with van der Waals surface area (Å²) in [7, 11) is 0. The van der Waals surface area contributed by atoms with E-state index >= 15 is 0 Å². The lowest BCUT2D eigenvalue weighted by Gasteiger charge is -2.12. The maximum absolute atomic E-state index is 12.0. The first-order valence-corrected chi connectivity index (χ1v) is 7.86. The van der Waals surface area contributed by atoms with Crippen LogP contribution in [0.3, 0.4) is 0 Å². The molecule has 5 heteroatoms. The number of carbonyl (C=O) groups is 1. The highest BCUT2D eigenvalue weighted by Crippen LogP contribution is 2.05. The molecule has 0 aliphatic rings. The van der Waals surface area contributed by atoms with E-state index in [9.17, 15) is 4.79 Å². The standard InChI is InChI=1S/C15H21N3OS/c1-3-20-10-8-12(2)18-15(19)14-7-6-13(11-17-14)5-4-9-16/h6-7,11-12H,3,8-10,16H2,1-2H3,(H,18,19). The van der Waals surface area contributed by atoms with Crippen LogP contribution in [0.4, 0.5) is 0 Å². The summed E-state index contributed by atoms with van der Waals surface area (Å²) in [4.78, 5) is 16.1. The van der Waals surface area contributed by atoms with Crippen LogP contribution in [-0.2, 0) is 0 Å². The lowest BCUT2D eigenvalue weighted by Crippen LogP contribution is -2.33. The summed E-state index contributed by atoms with van der Waals surface area (Å²) in [6, 6.07) is 3.62. The van der Waals surface area contributed by atoms with Crippen molar-refractivity contribution in [2.75, 3.05) is 18.1 Å². The summed E-state index contributed by atoms with van der Waals surface area (Å²) in [5, 5.41) is 2.95. The molecule has 1 aromatic heterocycles. The van der Waals surface area contributed by atoms with Gasteiger partial charge >= 0.3 is 0 Å². The number of nitrogens with zero attached hydrogens (tertiary/aromatic N) is 1. The molecule has 0 bridgehead atoms. The number of amides is 1. The maximum atomic E-state index is 12.0. The first-order valence-electron chi connectivity index (χ1n) is 6.71. The molecule has 1 unspecified atom stereocenters. The Balaban J connectivity index is 2.50. The van der Waals surface area contributed by atoms with Gasteiger partial charge in [-0.25, -0.2) is 4.98 Å². The smallest absolute Gasteiger partial charge is 0.270 e. The van der Waals surface area contributed by atoms with Crippen molar-refractivity contribution in [2.45, 2.75) is 26.3 Å². The summed E-state index contributed by atoms with van der Waals surface area (Å²) >= 11 is 1.88. The number of hydrogen-bond donors (Lipinski definition) is 2. The van der Waals surface area contributed by atoms with E-state index in [0.717, 1.165) is 23.5 Å². The molecule has 0 radical (unpaired) electrons. The fourth-order valence-electron chi connectivity index (χ4n) is 1.53. The molecular weight excluding hydrogens is 270 g/mol. The van der Waals surface area contributed by atoms with E-state index in [4.69, 9.17) is 5.73 Å². The fourth-order valence-corrected chi connectivity index (χ4v) is 2.34. The Bertz CT molecular complexity index is 476. The topological polar surface area (TPSA) is 68.0 Å². The third-order valence-corrected chi connectivity index (χ3v) is 3.54. The van der Waals surface area contributed by atoms with Crippen LogP contribution in [0, 0.1) is 11.8 Å². The van der Waals surface area contributed by atoms with Crippen LogP contribution >= 0.6 is 11.8 Å². The monoisotopic (exact) mass is 291 g/mol. The van der Waals surface area contributed by atoms with Crippen molar-refractivity contribution >= 4 is 17.7 Å². The zero-order valence-corrected chi connectivity index (χ0v) is 12.8. The number of aromatic nitrogens is 1. The van der Waals surface area contributed by atoms with Gasteiger partial charge in [0, 0.05) is 17.8 Å². The quantitative estimate of drug-likeness (QED) is 0.618. The molecule has 1 aromatic rings. The van der Waals surface area contributed by atoms with Crippen LogP contribution in [0.25, 0.3) is 0 Å². The van der Waals surface area contributed by atoms with Gasteiger partial charge in [0.15, 0.2) is 0 Å². The van der Waals surface area contributed by atoms with E-state index in [1.165, 1.54) is 0 Å². The van der Waals surface area contributed by atoms with Crippen molar-refractivity contribution in [3.63, 3.8) is 0 Å². The van der Waals surface area contributed by atoms with E-state index in [1.54, 1.807) is 18.3 Å². The van der Waals surface area contributed by atoms with Gasteiger partial charge in [0.05, 0.1) is 6.54 Å². The third kappa shape index (κ3) is 6.09. The Morgan fingerprint density at radius 3 is 2.95 bits per heavy atom. The summed E-state index contributed by atoms with van der Waals surface area (Å²) in [6.45, 7) is 4.46. The third-order valence-electron chi connectivity index (χ3n) is 2.61. The second kappa shape index (κ2) is 9.40. The molecule has 20 heavy (non-hydrogen) atoms. The van der Waals surface area contributed by atoms with E-state index < -0.39 is 0 Å². The van der Waals surface area contributed by atoms with E-state index in [-0.39, 0.29) is 11.9 Å². The van der Waals surface area contributed by atoms with Crippen molar-refractivity contribution < 1.29 is 4.79 Å². The molecule has 0 aliphatic heterocycles. The molecule has 108 valence electrons. The van der Waals surface area contributed by atoms with Gasteiger partial charge in [-0.2, -0.15) is 11.8 Å². The molecule has 3 N–H and O–H groups in total. The van der Waals surface area contributed by atoms with Gasteiger partial charge in [-0.3, -0.25) is 4.79 Å². The normalized spacial score (nSPS) is 11.3. The van der Waals surface area contributed by atoms with Gasteiger partial charge in [-0.05, 0) is 37.0 Å². The average molecular weight is 291 g/mol. The summed E-state index contributed by atoms with van der Waals surface area (Å²) < 4.78 is 0. The molecule has 1 amide bonds. The molecule has 0 fully saturated rings. The number of nitrogens with one attached hydrogen (secondary N) is 1. The molecule has 1 atom stereocenters. The van der Waals surface area contributed by atoms with Crippen molar-refractivity contribution in [3.05, 3.63) is 29.6 Å². The SMILES string of the molecule is CCSCCC(C)NC(=O)c1ccc(C#CCN)cn1. The number of hydrogen-bond acceptors (Lipinski definition) is 4. The minimum Gasteiger partial charge on any atom is -0.348 e. The predicted molar refractivity (Wildman–Crippen MR) is 84.7 cm³/mol. The van der Waals surface area contributed by atoms with Gasteiger partial charge in [-0.15, -0.1) is 0 Å². The number of rotatable bonds is 6. The summed E-state index contributed by atoms with van der Waals surface area (Å²) in [5.41, 5.74) is 6.48. The van der Waals surface area contributed by atoms with E-state index in [2.05, 4.69) is 29.1 Å². The first-order chi connectivity index (χ1) is 9.67. The van der Waals surface area contributed by atoms with Crippen molar-refractivity contribution in [1.29, 1.82) is 0 Å². The number of pyridine rings is 1. The average Bonchev–Trinajstić information content (AvgIpc) is 2.46. The molecule has 1 rings (SSSR count). The van der Waals surface area contributed by atoms with Gasteiger partial charge in [0.1, 0.15) is 5.69 Å². The van der Waals surface area contributed by atoms with E-state index in [0.29, 0.717) is 12.2 Å². The lowest BCUT2D eigenvalue weighted by atomic mass is 10.2. The maximum Gasteiger partial charge on any atom is 0.270 e. The van der Waals surface area contributed by atoms with Crippen molar-refractivity contribution in [2.24, 2.45) is 5.73 Å². The van der Waals surface area contributed by atoms with Crippen LogP contribution in [0.5, 0.6) is 0 Å². The molecule has 0 aromatic carbocycles. The molecular formula is C15H21N3OS. The molecule has 0 aliphatic carbocycles. The van der Waals surface area contributed by atoms with Crippen LogP contribution < -0.4 is 11.1 Å². The van der Waals surface area contributed by atoms with Gasteiger partial charge < -0.3 is 11.1 Å². The van der Waals surface area contributed by atoms with Crippen LogP contribution in [0.2, 0.25) is 0 Å². The van der Waals surface area contributed by atoms with Gasteiger partial charge in [-0.1, -0.05) is 18.8 Å². The van der Waals surface area contributed by atoms with Crippen molar-refractivity contribution in [1.82, 2.24) is 10.3 Å². The Kier molecular flexibility index (Phi) is 7.78.